The molecule has 0 aliphatic carbocycles. The van der Waals surface area contributed by atoms with E-state index in [2.05, 4.69) is 29.6 Å². The van der Waals surface area contributed by atoms with E-state index in [-0.39, 0.29) is 13.2 Å². The predicted molar refractivity (Wildman–Crippen MR) is 124 cm³/mol. The molecule has 0 aromatic heterocycles. The highest BCUT2D eigenvalue weighted by Crippen LogP contribution is 2.14. The Bertz CT molecular complexity index is 613. The highest BCUT2D eigenvalue weighted by atomic mass is 16.5. The summed E-state index contributed by atoms with van der Waals surface area (Å²) in [5.74, 6) is 1.85. The number of quaternary nitrogens is 1. The van der Waals surface area contributed by atoms with E-state index in [1.165, 1.54) is 11.1 Å². The largest absolute Gasteiger partial charge is 0.494 e. The van der Waals surface area contributed by atoms with Gasteiger partial charge in [-0.3, -0.25) is 0 Å². The minimum Gasteiger partial charge on any atom is -0.494 e. The fraction of sp³-hybridized carbons (Fsp3) is 0.538. The molecule has 5 heteroatoms. The number of unbranched alkanes of at least 4 members (excludes halogenated alkanes) is 6. The van der Waals surface area contributed by atoms with Gasteiger partial charge in [0.25, 0.3) is 0 Å². The summed E-state index contributed by atoms with van der Waals surface area (Å²) in [7, 11) is 0. The molecular formula is C26H40NO4+. The Kier molecular flexibility index (Phi) is 13.5. The van der Waals surface area contributed by atoms with E-state index >= 15 is 0 Å². The SMILES string of the molecule is OCCCCCCOc1ccc(C[NH2+]Cc2ccc(OCCCCCCO)cc2)cc1. The highest BCUT2D eigenvalue weighted by Gasteiger charge is 2.01. The van der Waals surface area contributed by atoms with Crippen LogP contribution in [0.1, 0.15) is 62.5 Å². The standard InChI is InChI=1S/C26H39NO4/c28-17-5-1-3-7-19-30-25-13-9-23(10-14-25)21-27-22-24-11-15-26(16-12-24)31-20-8-4-2-6-18-29/h9-16,27-29H,1-8,17-22H2/p+1. The van der Waals surface area contributed by atoms with Crippen molar-refractivity contribution < 1.29 is 25.0 Å². The Morgan fingerprint density at radius 1 is 0.516 bits per heavy atom. The quantitative estimate of drug-likeness (QED) is 0.314. The molecule has 5 nitrogen and oxygen atoms in total. The molecule has 0 atom stereocenters. The summed E-state index contributed by atoms with van der Waals surface area (Å²) in [6, 6.07) is 16.7. The molecule has 172 valence electrons. The molecule has 0 saturated carbocycles. The van der Waals surface area contributed by atoms with Crippen LogP contribution in [0.15, 0.2) is 48.5 Å². The third-order valence-electron chi connectivity index (χ3n) is 5.25. The summed E-state index contributed by atoms with van der Waals surface area (Å²) in [5.41, 5.74) is 2.58. The number of aliphatic hydroxyl groups excluding tert-OH is 2. The van der Waals surface area contributed by atoms with Crippen molar-refractivity contribution >= 4 is 0 Å². The van der Waals surface area contributed by atoms with E-state index in [0.717, 1.165) is 89.2 Å². The second kappa shape index (κ2) is 16.6. The number of nitrogens with two attached hydrogens (primary N) is 1. The second-order valence-corrected chi connectivity index (χ2v) is 7.96. The number of ether oxygens (including phenoxy) is 2. The zero-order valence-electron chi connectivity index (χ0n) is 18.8. The molecule has 0 aliphatic heterocycles. The highest BCUT2D eigenvalue weighted by molar-refractivity contribution is 5.27. The zero-order chi connectivity index (χ0) is 22.0. The van der Waals surface area contributed by atoms with Crippen LogP contribution in [0, 0.1) is 0 Å². The van der Waals surface area contributed by atoms with Crippen LogP contribution in [-0.2, 0) is 13.1 Å². The van der Waals surface area contributed by atoms with E-state index in [1.54, 1.807) is 0 Å². The average molecular weight is 431 g/mol. The molecule has 0 fully saturated rings. The van der Waals surface area contributed by atoms with Crippen LogP contribution in [0.2, 0.25) is 0 Å². The zero-order valence-corrected chi connectivity index (χ0v) is 18.8. The number of rotatable bonds is 18. The second-order valence-electron chi connectivity index (χ2n) is 7.96. The molecule has 0 spiro atoms. The van der Waals surface area contributed by atoms with Crippen molar-refractivity contribution in [2.24, 2.45) is 0 Å². The molecule has 0 amide bonds. The van der Waals surface area contributed by atoms with Gasteiger partial charge in [-0.15, -0.1) is 0 Å². The normalized spacial score (nSPS) is 10.9. The monoisotopic (exact) mass is 430 g/mol. The van der Waals surface area contributed by atoms with Gasteiger partial charge in [-0.25, -0.2) is 0 Å². The Balaban J connectivity index is 1.57. The topological polar surface area (TPSA) is 75.5 Å². The van der Waals surface area contributed by atoms with Crippen LogP contribution >= 0.6 is 0 Å². The molecule has 0 heterocycles. The Hall–Kier alpha value is -2.08. The van der Waals surface area contributed by atoms with E-state index in [9.17, 15) is 0 Å². The van der Waals surface area contributed by atoms with E-state index < -0.39 is 0 Å². The van der Waals surface area contributed by atoms with Crippen LogP contribution in [0.3, 0.4) is 0 Å². The van der Waals surface area contributed by atoms with E-state index in [1.807, 2.05) is 24.3 Å². The lowest BCUT2D eigenvalue weighted by Crippen LogP contribution is -2.80. The van der Waals surface area contributed by atoms with Gasteiger partial charge >= 0.3 is 0 Å². The van der Waals surface area contributed by atoms with Gasteiger partial charge in [-0.2, -0.15) is 0 Å². The summed E-state index contributed by atoms with van der Waals surface area (Å²) < 4.78 is 11.6. The summed E-state index contributed by atoms with van der Waals surface area (Å²) in [5, 5.41) is 19.9. The molecule has 0 aliphatic rings. The van der Waals surface area contributed by atoms with Gasteiger partial charge in [-0.1, -0.05) is 12.8 Å². The minimum atomic E-state index is 0.284. The van der Waals surface area contributed by atoms with Crippen molar-refractivity contribution in [3.8, 4) is 11.5 Å². The van der Waals surface area contributed by atoms with Gasteiger partial charge in [-0.05, 0) is 87.1 Å². The summed E-state index contributed by atoms with van der Waals surface area (Å²) >= 11 is 0. The third kappa shape index (κ3) is 11.8. The van der Waals surface area contributed by atoms with Crippen LogP contribution in [-0.4, -0.2) is 36.6 Å². The van der Waals surface area contributed by atoms with Crippen LogP contribution in [0.5, 0.6) is 11.5 Å². The fourth-order valence-electron chi connectivity index (χ4n) is 3.36. The molecule has 0 bridgehead atoms. The molecule has 2 aromatic rings. The number of benzene rings is 2. The van der Waals surface area contributed by atoms with Gasteiger partial charge in [0, 0.05) is 24.3 Å². The van der Waals surface area contributed by atoms with Crippen molar-refractivity contribution in [2.75, 3.05) is 26.4 Å². The first-order chi connectivity index (χ1) is 15.3. The molecule has 2 aromatic carbocycles. The summed E-state index contributed by atoms with van der Waals surface area (Å²) in [4.78, 5) is 0. The lowest BCUT2D eigenvalue weighted by atomic mass is 10.2. The maximum Gasteiger partial charge on any atom is 0.119 e. The van der Waals surface area contributed by atoms with Crippen molar-refractivity contribution in [3.05, 3.63) is 59.7 Å². The molecule has 0 saturated heterocycles. The number of hydrogen-bond acceptors (Lipinski definition) is 4. The molecule has 0 radical (unpaired) electrons. The predicted octanol–water partition coefficient (Wildman–Crippen LogP) is 3.81. The van der Waals surface area contributed by atoms with Crippen molar-refractivity contribution in [2.45, 2.75) is 64.5 Å². The first kappa shape index (κ1) is 25.2. The maximum atomic E-state index is 8.78. The first-order valence-corrected chi connectivity index (χ1v) is 11.8. The van der Waals surface area contributed by atoms with Crippen molar-refractivity contribution in [1.29, 1.82) is 0 Å². The van der Waals surface area contributed by atoms with Crippen molar-refractivity contribution in [3.63, 3.8) is 0 Å². The van der Waals surface area contributed by atoms with E-state index in [0.29, 0.717) is 0 Å². The van der Waals surface area contributed by atoms with E-state index in [4.69, 9.17) is 19.7 Å². The first-order valence-electron chi connectivity index (χ1n) is 11.8. The van der Waals surface area contributed by atoms with Gasteiger partial charge in [0.2, 0.25) is 0 Å². The Morgan fingerprint density at radius 2 is 0.903 bits per heavy atom. The minimum absolute atomic E-state index is 0.284. The fourth-order valence-corrected chi connectivity index (χ4v) is 3.36. The molecule has 4 N–H and O–H groups in total. The lowest BCUT2D eigenvalue weighted by Gasteiger charge is -2.08. The average Bonchev–Trinajstić information content (AvgIpc) is 2.80. The Morgan fingerprint density at radius 3 is 1.29 bits per heavy atom. The molecular weight excluding hydrogens is 390 g/mol. The summed E-state index contributed by atoms with van der Waals surface area (Å²) in [6.07, 6.45) is 8.17. The molecule has 31 heavy (non-hydrogen) atoms. The van der Waals surface area contributed by atoms with Crippen LogP contribution < -0.4 is 14.8 Å². The molecule has 0 unspecified atom stereocenters. The maximum absolute atomic E-state index is 8.78. The summed E-state index contributed by atoms with van der Waals surface area (Å²) in [6.45, 7) is 3.92. The number of hydrogen-bond donors (Lipinski definition) is 3. The lowest BCUT2D eigenvalue weighted by molar-refractivity contribution is -0.686. The van der Waals surface area contributed by atoms with Gasteiger partial charge in [0.15, 0.2) is 0 Å². The molecule has 2 rings (SSSR count). The third-order valence-corrected chi connectivity index (χ3v) is 5.25. The Labute approximate surface area is 187 Å². The number of aliphatic hydroxyl groups is 2. The van der Waals surface area contributed by atoms with Gasteiger partial charge in [0.05, 0.1) is 13.2 Å². The van der Waals surface area contributed by atoms with Crippen LogP contribution in [0.25, 0.3) is 0 Å². The van der Waals surface area contributed by atoms with Crippen LogP contribution in [0.4, 0.5) is 0 Å². The smallest absolute Gasteiger partial charge is 0.119 e. The van der Waals surface area contributed by atoms with Gasteiger partial charge in [0.1, 0.15) is 24.6 Å². The van der Waals surface area contributed by atoms with Gasteiger partial charge < -0.3 is 25.0 Å². The van der Waals surface area contributed by atoms with Crippen molar-refractivity contribution in [1.82, 2.24) is 0 Å².